The van der Waals surface area contributed by atoms with Gasteiger partial charge in [-0.2, -0.15) is 0 Å². The summed E-state index contributed by atoms with van der Waals surface area (Å²) < 4.78 is 22.4. The van der Waals surface area contributed by atoms with Gasteiger partial charge in [0, 0.05) is 12.8 Å². The van der Waals surface area contributed by atoms with Crippen LogP contribution in [0.15, 0.2) is 41.1 Å². The van der Waals surface area contributed by atoms with Gasteiger partial charge < -0.3 is 14.0 Å². The second-order valence-corrected chi connectivity index (χ2v) is 7.08. The maximum absolute atomic E-state index is 12.1. The Morgan fingerprint density at radius 3 is 2.74 bits per heavy atom. The van der Waals surface area contributed by atoms with Gasteiger partial charge in [0.1, 0.15) is 12.4 Å². The van der Waals surface area contributed by atoms with Gasteiger partial charge in [-0.15, -0.1) is 0 Å². The first kappa shape index (κ1) is 15.9. The zero-order valence-corrected chi connectivity index (χ0v) is 13.5. The predicted molar refractivity (Wildman–Crippen MR) is 83.3 cm³/mol. The van der Waals surface area contributed by atoms with Crippen molar-refractivity contribution in [2.24, 2.45) is 0 Å². The highest BCUT2D eigenvalue weighted by molar-refractivity contribution is 7.95. The molecule has 1 amide bonds. The van der Waals surface area contributed by atoms with E-state index in [0.717, 1.165) is 5.56 Å². The van der Waals surface area contributed by atoms with Crippen molar-refractivity contribution < 1.29 is 23.6 Å². The number of hydrogen-bond acceptors (Lipinski definition) is 5. The Hall–Kier alpha value is -1.99. The fourth-order valence-corrected chi connectivity index (χ4v) is 3.72. The fraction of sp³-hybridized carbons (Fsp3) is 0.375. The molecule has 0 aliphatic carbocycles. The molecule has 1 aromatic rings. The number of β-lactam (4-membered cyclic amide) rings is 1. The summed E-state index contributed by atoms with van der Waals surface area (Å²) in [5, 5.41) is 0. The molecular weight excluding hydrogens is 318 g/mol. The monoisotopic (exact) mass is 335 g/mol. The number of rotatable bonds is 5. The Morgan fingerprint density at radius 2 is 2.09 bits per heavy atom. The summed E-state index contributed by atoms with van der Waals surface area (Å²) in [7, 11) is 0. The van der Waals surface area contributed by atoms with Crippen LogP contribution in [0.1, 0.15) is 25.3 Å². The molecule has 0 spiro atoms. The van der Waals surface area contributed by atoms with Crippen LogP contribution in [0.3, 0.4) is 0 Å². The van der Waals surface area contributed by atoms with Crippen molar-refractivity contribution in [3.8, 4) is 0 Å². The number of fused-ring (bicyclic) bond motifs is 1. The normalized spacial score (nSPS) is 20.9. The molecule has 1 fully saturated rings. The van der Waals surface area contributed by atoms with Gasteiger partial charge in [0.05, 0.1) is 6.04 Å². The molecule has 2 atom stereocenters. The van der Waals surface area contributed by atoms with E-state index in [0.29, 0.717) is 23.5 Å². The number of amides is 1. The minimum Gasteiger partial charge on any atom is -0.612 e. The van der Waals surface area contributed by atoms with E-state index in [4.69, 9.17) is 9.47 Å². The molecule has 2 aliphatic rings. The Labute approximate surface area is 137 Å². The minimum atomic E-state index is -1.25. The molecule has 0 bridgehead atoms. The Morgan fingerprint density at radius 1 is 1.35 bits per heavy atom. The van der Waals surface area contributed by atoms with Crippen LogP contribution in [-0.4, -0.2) is 33.3 Å². The predicted octanol–water partition coefficient (Wildman–Crippen LogP) is 2.28. The quantitative estimate of drug-likeness (QED) is 0.468. The zero-order valence-electron chi connectivity index (χ0n) is 12.7. The molecule has 122 valence electrons. The number of carbonyl (C=O) groups excluding carboxylic acids is 2. The van der Waals surface area contributed by atoms with Crippen LogP contribution in [0.25, 0.3) is 0 Å². The highest BCUT2D eigenvalue weighted by Crippen LogP contribution is 2.41. The summed E-state index contributed by atoms with van der Waals surface area (Å²) in [4.78, 5) is 25.5. The SMILES string of the molecule is CC[S+]([O-])C1=C(OC(=O)OCc2ccccc2)N2C(=O)CC2C1. The molecule has 1 aromatic carbocycles. The number of benzene rings is 1. The standard InChI is InChI=1S/C16H17NO5S/c1-2-23(20)13-8-12-9-14(18)17(12)15(13)22-16(19)21-10-11-6-4-3-5-7-11/h3-7,12H,2,8-10H2,1H3. The lowest BCUT2D eigenvalue weighted by atomic mass is 10.0. The van der Waals surface area contributed by atoms with Crippen molar-refractivity contribution in [2.45, 2.75) is 32.4 Å². The average molecular weight is 335 g/mol. The van der Waals surface area contributed by atoms with Gasteiger partial charge in [0.2, 0.25) is 5.91 Å². The van der Waals surface area contributed by atoms with Crippen LogP contribution in [0.4, 0.5) is 4.79 Å². The maximum atomic E-state index is 12.1. The van der Waals surface area contributed by atoms with E-state index in [1.165, 1.54) is 4.90 Å². The van der Waals surface area contributed by atoms with Crippen molar-refractivity contribution >= 4 is 23.2 Å². The molecule has 23 heavy (non-hydrogen) atoms. The van der Waals surface area contributed by atoms with Crippen molar-refractivity contribution in [3.05, 3.63) is 46.7 Å². The molecule has 2 heterocycles. The molecule has 0 saturated carbocycles. The highest BCUT2D eigenvalue weighted by atomic mass is 32.2. The maximum Gasteiger partial charge on any atom is 0.515 e. The van der Waals surface area contributed by atoms with E-state index in [2.05, 4.69) is 0 Å². The fourth-order valence-electron chi connectivity index (χ4n) is 2.66. The van der Waals surface area contributed by atoms with Gasteiger partial charge in [0.15, 0.2) is 4.91 Å². The lowest BCUT2D eigenvalue weighted by Gasteiger charge is -2.34. The summed E-state index contributed by atoms with van der Waals surface area (Å²) >= 11 is -1.25. The van der Waals surface area contributed by atoms with E-state index in [-0.39, 0.29) is 24.4 Å². The molecule has 3 rings (SSSR count). The average Bonchev–Trinajstić information content (AvgIpc) is 2.84. The van der Waals surface area contributed by atoms with Gasteiger partial charge in [-0.05, 0) is 23.7 Å². The van der Waals surface area contributed by atoms with E-state index < -0.39 is 17.3 Å². The van der Waals surface area contributed by atoms with Crippen molar-refractivity contribution in [2.75, 3.05) is 5.75 Å². The van der Waals surface area contributed by atoms with E-state index in [1.54, 1.807) is 6.92 Å². The van der Waals surface area contributed by atoms with Crippen LogP contribution in [0.2, 0.25) is 0 Å². The molecule has 0 aromatic heterocycles. The summed E-state index contributed by atoms with van der Waals surface area (Å²) in [5.74, 6) is 0.393. The Kier molecular flexibility index (Phi) is 4.58. The zero-order chi connectivity index (χ0) is 16.4. The van der Waals surface area contributed by atoms with Crippen molar-refractivity contribution in [1.29, 1.82) is 0 Å². The number of carbonyl (C=O) groups is 2. The van der Waals surface area contributed by atoms with Gasteiger partial charge >= 0.3 is 6.16 Å². The second kappa shape index (κ2) is 6.64. The number of ether oxygens (including phenoxy) is 2. The third-order valence-electron chi connectivity index (χ3n) is 3.84. The first-order valence-corrected chi connectivity index (χ1v) is 8.74. The molecule has 1 saturated heterocycles. The first-order chi connectivity index (χ1) is 11.1. The largest absolute Gasteiger partial charge is 0.612 e. The summed E-state index contributed by atoms with van der Waals surface area (Å²) in [6, 6.07) is 9.17. The summed E-state index contributed by atoms with van der Waals surface area (Å²) in [6.45, 7) is 1.86. The highest BCUT2D eigenvalue weighted by Gasteiger charge is 2.50. The van der Waals surface area contributed by atoms with Crippen molar-refractivity contribution in [1.82, 2.24) is 4.90 Å². The van der Waals surface area contributed by atoms with Gasteiger partial charge in [-0.25, -0.2) is 4.79 Å². The Bertz CT molecular complexity index is 645. The van der Waals surface area contributed by atoms with Gasteiger partial charge in [-0.1, -0.05) is 30.3 Å². The number of nitrogens with zero attached hydrogens (tertiary/aromatic N) is 1. The second-order valence-electron chi connectivity index (χ2n) is 5.31. The van der Waals surface area contributed by atoms with Crippen molar-refractivity contribution in [3.63, 3.8) is 0 Å². The van der Waals surface area contributed by atoms with E-state index in [1.807, 2.05) is 30.3 Å². The molecule has 2 aliphatic heterocycles. The lowest BCUT2D eigenvalue weighted by molar-refractivity contribution is -0.144. The molecule has 6 nitrogen and oxygen atoms in total. The molecule has 0 N–H and O–H groups in total. The summed E-state index contributed by atoms with van der Waals surface area (Å²) in [5.41, 5.74) is 0.833. The van der Waals surface area contributed by atoms with E-state index >= 15 is 0 Å². The lowest BCUT2D eigenvalue weighted by Crippen LogP contribution is -2.49. The van der Waals surface area contributed by atoms with Crippen LogP contribution in [0.5, 0.6) is 0 Å². The Balaban J connectivity index is 1.66. The molecular formula is C16H17NO5S. The van der Waals surface area contributed by atoms with Gasteiger partial charge in [-0.3, -0.25) is 9.69 Å². The van der Waals surface area contributed by atoms with Crippen LogP contribution in [0, 0.1) is 0 Å². The molecule has 7 heteroatoms. The van der Waals surface area contributed by atoms with Crippen LogP contribution < -0.4 is 0 Å². The number of hydrogen-bond donors (Lipinski definition) is 0. The first-order valence-electron chi connectivity index (χ1n) is 7.42. The minimum absolute atomic E-state index is 0.0371. The third-order valence-corrected chi connectivity index (χ3v) is 5.25. The molecule has 2 unspecified atom stereocenters. The summed E-state index contributed by atoms with van der Waals surface area (Å²) in [6.07, 6.45) is -0.00101. The van der Waals surface area contributed by atoms with Gasteiger partial charge in [0.25, 0.3) is 5.88 Å². The van der Waals surface area contributed by atoms with Crippen LogP contribution in [-0.2, 0) is 32.1 Å². The van der Waals surface area contributed by atoms with Crippen LogP contribution >= 0.6 is 0 Å². The third kappa shape index (κ3) is 3.20. The molecule has 0 radical (unpaired) electrons. The van der Waals surface area contributed by atoms with E-state index in [9.17, 15) is 14.1 Å². The topological polar surface area (TPSA) is 78.9 Å². The smallest absolute Gasteiger partial charge is 0.515 e.